The summed E-state index contributed by atoms with van der Waals surface area (Å²) in [6, 6.07) is 8.27. The van der Waals surface area contributed by atoms with Crippen LogP contribution in [0.25, 0.3) is 10.6 Å². The van der Waals surface area contributed by atoms with Gasteiger partial charge in [-0.2, -0.15) is 0 Å². The summed E-state index contributed by atoms with van der Waals surface area (Å²) < 4.78 is 5.87. The highest BCUT2D eigenvalue weighted by atomic mass is 32.1. The lowest BCUT2D eigenvalue weighted by Crippen LogP contribution is -1.97. The first-order valence-corrected chi connectivity index (χ1v) is 11.1. The average molecular weight is 375 g/mol. The molecule has 0 N–H and O–H groups in total. The van der Waals surface area contributed by atoms with Gasteiger partial charge in [0.1, 0.15) is 15.8 Å². The van der Waals surface area contributed by atoms with Crippen LogP contribution in [-0.4, -0.2) is 16.8 Å². The number of hydrogen-bond acceptors (Lipinski definition) is 4. The molecule has 0 aliphatic rings. The standard InChI is InChI=1S/C22H34N2OS/c1-4-6-7-8-9-10-11-12-17-25-20-15-13-19(14-16-20)22-24-23-21(26-22)18(3)5-2/h13-16,18H,4-12,17H2,1-3H3. The second kappa shape index (κ2) is 12.1. The summed E-state index contributed by atoms with van der Waals surface area (Å²) in [5.74, 6) is 1.43. The fourth-order valence-electron chi connectivity index (χ4n) is 2.84. The minimum atomic E-state index is 0.482. The second-order valence-electron chi connectivity index (χ2n) is 7.10. The molecular weight excluding hydrogens is 340 g/mol. The molecule has 0 amide bonds. The summed E-state index contributed by atoms with van der Waals surface area (Å²) in [5, 5.41) is 10.8. The Labute approximate surface area is 163 Å². The Kier molecular flexibility index (Phi) is 9.68. The van der Waals surface area contributed by atoms with Gasteiger partial charge in [0.2, 0.25) is 0 Å². The normalized spacial score (nSPS) is 12.3. The third-order valence-electron chi connectivity index (χ3n) is 4.84. The first-order valence-electron chi connectivity index (χ1n) is 10.3. The summed E-state index contributed by atoms with van der Waals surface area (Å²) in [6.45, 7) is 7.46. The Bertz CT molecular complexity index is 609. The van der Waals surface area contributed by atoms with Crippen molar-refractivity contribution in [2.45, 2.75) is 84.5 Å². The van der Waals surface area contributed by atoms with Crippen molar-refractivity contribution in [3.63, 3.8) is 0 Å². The van der Waals surface area contributed by atoms with Crippen molar-refractivity contribution in [2.24, 2.45) is 0 Å². The summed E-state index contributed by atoms with van der Waals surface area (Å²) in [7, 11) is 0. The molecule has 144 valence electrons. The number of rotatable bonds is 13. The van der Waals surface area contributed by atoms with Crippen LogP contribution in [0.5, 0.6) is 5.75 Å². The first kappa shape index (κ1) is 20.9. The van der Waals surface area contributed by atoms with Gasteiger partial charge in [-0.05, 0) is 37.1 Å². The van der Waals surface area contributed by atoms with Gasteiger partial charge in [-0.1, -0.05) is 77.1 Å². The van der Waals surface area contributed by atoms with Gasteiger partial charge in [0.05, 0.1) is 6.61 Å². The van der Waals surface area contributed by atoms with Crippen molar-refractivity contribution >= 4 is 11.3 Å². The molecule has 1 atom stereocenters. The van der Waals surface area contributed by atoms with Gasteiger partial charge in [0.15, 0.2) is 0 Å². The maximum Gasteiger partial charge on any atom is 0.147 e. The van der Waals surface area contributed by atoms with Crippen LogP contribution < -0.4 is 4.74 Å². The molecule has 0 radical (unpaired) electrons. The Morgan fingerprint density at radius 1 is 0.885 bits per heavy atom. The molecule has 0 saturated heterocycles. The minimum absolute atomic E-state index is 0.482. The van der Waals surface area contributed by atoms with Crippen LogP contribution in [0.1, 0.15) is 89.5 Å². The van der Waals surface area contributed by atoms with E-state index in [0.29, 0.717) is 5.92 Å². The van der Waals surface area contributed by atoms with Crippen LogP contribution in [-0.2, 0) is 0 Å². The van der Waals surface area contributed by atoms with Crippen molar-refractivity contribution in [1.82, 2.24) is 10.2 Å². The lowest BCUT2D eigenvalue weighted by molar-refractivity contribution is 0.304. The van der Waals surface area contributed by atoms with Crippen LogP contribution in [0.4, 0.5) is 0 Å². The number of ether oxygens (including phenoxy) is 1. The molecule has 1 unspecified atom stereocenters. The zero-order valence-corrected chi connectivity index (χ0v) is 17.5. The zero-order valence-electron chi connectivity index (χ0n) is 16.7. The van der Waals surface area contributed by atoms with Gasteiger partial charge in [0.25, 0.3) is 0 Å². The third-order valence-corrected chi connectivity index (χ3v) is 6.05. The van der Waals surface area contributed by atoms with Crippen LogP contribution in [0.3, 0.4) is 0 Å². The predicted octanol–water partition coefficient (Wildman–Crippen LogP) is 7.24. The van der Waals surface area contributed by atoms with Crippen molar-refractivity contribution < 1.29 is 4.74 Å². The molecule has 0 aliphatic carbocycles. The SMILES string of the molecule is CCCCCCCCCCOc1ccc(-c2nnc(C(C)CC)s2)cc1. The van der Waals surface area contributed by atoms with E-state index in [2.05, 4.69) is 43.1 Å². The number of nitrogens with zero attached hydrogens (tertiary/aromatic N) is 2. The third kappa shape index (κ3) is 7.06. The number of unbranched alkanes of at least 4 members (excludes halogenated alkanes) is 7. The highest BCUT2D eigenvalue weighted by Gasteiger charge is 2.11. The van der Waals surface area contributed by atoms with E-state index in [9.17, 15) is 0 Å². The summed E-state index contributed by atoms with van der Waals surface area (Å²) >= 11 is 1.70. The number of aromatic nitrogens is 2. The van der Waals surface area contributed by atoms with E-state index in [0.717, 1.165) is 40.8 Å². The molecule has 0 spiro atoms. The predicted molar refractivity (Wildman–Crippen MR) is 112 cm³/mol. The fraction of sp³-hybridized carbons (Fsp3) is 0.636. The van der Waals surface area contributed by atoms with Gasteiger partial charge in [-0.25, -0.2) is 0 Å². The first-order chi connectivity index (χ1) is 12.7. The van der Waals surface area contributed by atoms with Gasteiger partial charge >= 0.3 is 0 Å². The Balaban J connectivity index is 1.67. The van der Waals surface area contributed by atoms with Crippen molar-refractivity contribution in [2.75, 3.05) is 6.61 Å². The van der Waals surface area contributed by atoms with Gasteiger partial charge in [-0.3, -0.25) is 0 Å². The van der Waals surface area contributed by atoms with Gasteiger partial charge in [-0.15, -0.1) is 10.2 Å². The lowest BCUT2D eigenvalue weighted by atomic mass is 10.1. The lowest BCUT2D eigenvalue weighted by Gasteiger charge is -2.06. The van der Waals surface area contributed by atoms with E-state index >= 15 is 0 Å². The van der Waals surface area contributed by atoms with E-state index in [4.69, 9.17) is 4.74 Å². The van der Waals surface area contributed by atoms with E-state index in [-0.39, 0.29) is 0 Å². The number of benzene rings is 1. The number of hydrogen-bond donors (Lipinski definition) is 0. The van der Waals surface area contributed by atoms with Crippen LogP contribution >= 0.6 is 11.3 Å². The van der Waals surface area contributed by atoms with E-state index in [1.54, 1.807) is 11.3 Å². The van der Waals surface area contributed by atoms with Crippen LogP contribution in [0.2, 0.25) is 0 Å². The van der Waals surface area contributed by atoms with E-state index in [1.807, 2.05) is 12.1 Å². The molecular formula is C22H34N2OS. The largest absolute Gasteiger partial charge is 0.494 e. The van der Waals surface area contributed by atoms with Crippen molar-refractivity contribution in [3.05, 3.63) is 29.3 Å². The molecule has 4 heteroatoms. The Hall–Kier alpha value is -1.42. The quantitative estimate of drug-likeness (QED) is 0.347. The molecule has 1 aromatic carbocycles. The summed E-state index contributed by atoms with van der Waals surface area (Å²) in [4.78, 5) is 0. The van der Waals surface area contributed by atoms with Crippen LogP contribution in [0.15, 0.2) is 24.3 Å². The average Bonchev–Trinajstić information content (AvgIpc) is 3.17. The summed E-state index contributed by atoms with van der Waals surface area (Å²) in [6.07, 6.45) is 11.7. The molecule has 0 bridgehead atoms. The molecule has 1 aromatic heterocycles. The molecule has 3 nitrogen and oxygen atoms in total. The van der Waals surface area contributed by atoms with Gasteiger partial charge < -0.3 is 4.74 Å². The Morgan fingerprint density at radius 3 is 2.19 bits per heavy atom. The monoisotopic (exact) mass is 374 g/mol. The van der Waals surface area contributed by atoms with Crippen molar-refractivity contribution in [1.29, 1.82) is 0 Å². The molecule has 0 fully saturated rings. The second-order valence-corrected chi connectivity index (χ2v) is 8.11. The molecule has 0 aliphatic heterocycles. The smallest absolute Gasteiger partial charge is 0.147 e. The highest BCUT2D eigenvalue weighted by molar-refractivity contribution is 7.14. The molecule has 0 saturated carbocycles. The molecule has 2 aromatic rings. The molecule has 2 rings (SSSR count). The van der Waals surface area contributed by atoms with Crippen LogP contribution in [0, 0.1) is 0 Å². The topological polar surface area (TPSA) is 35.0 Å². The van der Waals surface area contributed by atoms with Crippen molar-refractivity contribution in [3.8, 4) is 16.3 Å². The zero-order chi connectivity index (χ0) is 18.6. The minimum Gasteiger partial charge on any atom is -0.494 e. The maximum atomic E-state index is 5.87. The molecule has 26 heavy (non-hydrogen) atoms. The van der Waals surface area contributed by atoms with Gasteiger partial charge in [0, 0.05) is 11.5 Å². The Morgan fingerprint density at radius 2 is 1.54 bits per heavy atom. The molecule has 1 heterocycles. The maximum absolute atomic E-state index is 5.87. The fourth-order valence-corrected chi connectivity index (χ4v) is 3.83. The van der Waals surface area contributed by atoms with E-state index in [1.165, 1.54) is 44.9 Å². The van der Waals surface area contributed by atoms with E-state index < -0.39 is 0 Å². The highest BCUT2D eigenvalue weighted by Crippen LogP contribution is 2.29. The summed E-state index contributed by atoms with van der Waals surface area (Å²) in [5.41, 5.74) is 1.12.